The van der Waals surface area contributed by atoms with Crippen LogP contribution in [0.15, 0.2) is 35.9 Å². The SMILES string of the molecule is CN1C(=O)[C@]2(c3ccccc31)C(C#N)C(=N)C(C#N)(C#N)C1=CCCC[C@H]12. The van der Waals surface area contributed by atoms with Crippen molar-refractivity contribution < 1.29 is 4.79 Å². The van der Waals surface area contributed by atoms with Crippen molar-refractivity contribution >= 4 is 17.3 Å². The van der Waals surface area contributed by atoms with E-state index in [1.165, 1.54) is 0 Å². The standard InChI is InChI=1S/C21H17N5O/c1-26-17-9-5-4-8-15(17)21(19(26)27)14-7-3-2-6-13(14)20(11-23,12-24)18(25)16(21)10-22/h4-6,8-9,14,16,25H,2-3,7H2,1H3/t14-,16?,21-/m1/s1. The van der Waals surface area contributed by atoms with Crippen LogP contribution in [0.2, 0.25) is 0 Å². The highest BCUT2D eigenvalue weighted by molar-refractivity contribution is 6.15. The molecule has 3 atom stereocenters. The van der Waals surface area contributed by atoms with Crippen LogP contribution < -0.4 is 4.90 Å². The van der Waals surface area contributed by atoms with Gasteiger partial charge in [0.05, 0.1) is 23.9 Å². The number of nitriles is 3. The monoisotopic (exact) mass is 355 g/mol. The van der Waals surface area contributed by atoms with Crippen LogP contribution in [0, 0.1) is 56.7 Å². The second kappa shape index (κ2) is 5.53. The van der Waals surface area contributed by atoms with Gasteiger partial charge in [-0.25, -0.2) is 0 Å². The molecule has 1 N–H and O–H groups in total. The quantitative estimate of drug-likeness (QED) is 0.720. The summed E-state index contributed by atoms with van der Waals surface area (Å²) in [6.45, 7) is 0. The summed E-state index contributed by atoms with van der Waals surface area (Å²) in [7, 11) is 1.68. The third-order valence-electron chi connectivity index (χ3n) is 6.40. The summed E-state index contributed by atoms with van der Waals surface area (Å²) in [4.78, 5) is 15.1. The molecule has 2 aliphatic carbocycles. The highest BCUT2D eigenvalue weighted by Gasteiger charge is 2.69. The van der Waals surface area contributed by atoms with Gasteiger partial charge in [0.25, 0.3) is 0 Å². The highest BCUT2D eigenvalue weighted by Crippen LogP contribution is 2.61. The zero-order valence-electron chi connectivity index (χ0n) is 14.9. The molecule has 1 heterocycles. The number of amides is 1. The van der Waals surface area contributed by atoms with Crippen molar-refractivity contribution in [3.05, 3.63) is 41.5 Å². The Hall–Kier alpha value is -3.43. The largest absolute Gasteiger partial charge is 0.314 e. The summed E-state index contributed by atoms with van der Waals surface area (Å²) in [5, 5.41) is 38.4. The lowest BCUT2D eigenvalue weighted by Gasteiger charge is -2.50. The first-order chi connectivity index (χ1) is 13.0. The van der Waals surface area contributed by atoms with E-state index in [2.05, 4.69) is 6.07 Å². The number of hydrogen-bond donors (Lipinski definition) is 1. The van der Waals surface area contributed by atoms with Crippen molar-refractivity contribution in [2.45, 2.75) is 24.7 Å². The number of benzene rings is 1. The molecule has 6 heteroatoms. The van der Waals surface area contributed by atoms with Crippen molar-refractivity contribution in [1.82, 2.24) is 0 Å². The number of para-hydroxylation sites is 1. The number of carbonyl (C=O) groups excluding carboxylic acids is 1. The predicted octanol–water partition coefficient (Wildman–Crippen LogP) is 2.83. The molecule has 1 amide bonds. The van der Waals surface area contributed by atoms with Crippen LogP contribution in [0.3, 0.4) is 0 Å². The van der Waals surface area contributed by atoms with E-state index in [-0.39, 0.29) is 11.6 Å². The molecular weight excluding hydrogens is 338 g/mol. The number of likely N-dealkylation sites (N-methyl/N-ethyl adjacent to an activating group) is 1. The van der Waals surface area contributed by atoms with Crippen molar-refractivity contribution in [1.29, 1.82) is 21.2 Å². The molecule has 0 aromatic heterocycles. The topological polar surface area (TPSA) is 116 Å². The molecule has 132 valence electrons. The van der Waals surface area contributed by atoms with Gasteiger partial charge >= 0.3 is 0 Å². The fourth-order valence-electron chi connectivity index (χ4n) is 5.24. The Kier molecular flexibility index (Phi) is 3.48. The lowest BCUT2D eigenvalue weighted by Crippen LogP contribution is -2.61. The van der Waals surface area contributed by atoms with E-state index in [0.29, 0.717) is 18.4 Å². The normalized spacial score (nSPS) is 30.6. The van der Waals surface area contributed by atoms with Crippen molar-refractivity contribution in [3.8, 4) is 18.2 Å². The average Bonchev–Trinajstić information content (AvgIpc) is 2.93. The molecule has 0 radical (unpaired) electrons. The second-order valence-corrected chi connectivity index (χ2v) is 7.34. The van der Waals surface area contributed by atoms with E-state index >= 15 is 0 Å². The van der Waals surface area contributed by atoms with E-state index in [0.717, 1.165) is 17.7 Å². The number of fused-ring (bicyclic) bond motifs is 4. The Labute approximate surface area is 157 Å². The van der Waals surface area contributed by atoms with Gasteiger partial charge < -0.3 is 10.3 Å². The number of hydrogen-bond acceptors (Lipinski definition) is 5. The summed E-state index contributed by atoms with van der Waals surface area (Å²) in [6, 6.07) is 13.5. The van der Waals surface area contributed by atoms with E-state index in [9.17, 15) is 20.6 Å². The molecule has 0 bridgehead atoms. The van der Waals surface area contributed by atoms with Gasteiger partial charge in [-0.1, -0.05) is 24.3 Å². The number of nitrogens with zero attached hydrogens (tertiary/aromatic N) is 4. The van der Waals surface area contributed by atoms with Gasteiger partial charge in [0.2, 0.25) is 11.3 Å². The molecule has 6 nitrogen and oxygen atoms in total. The van der Waals surface area contributed by atoms with Crippen LogP contribution in [0.5, 0.6) is 0 Å². The molecule has 4 rings (SSSR count). The van der Waals surface area contributed by atoms with Gasteiger partial charge in [-0.2, -0.15) is 15.8 Å². The minimum atomic E-state index is -1.77. The third kappa shape index (κ3) is 1.72. The van der Waals surface area contributed by atoms with Crippen LogP contribution in [0.25, 0.3) is 0 Å². The van der Waals surface area contributed by atoms with Crippen molar-refractivity contribution in [3.63, 3.8) is 0 Å². The van der Waals surface area contributed by atoms with Crippen LogP contribution in [0.4, 0.5) is 5.69 Å². The van der Waals surface area contributed by atoms with Gasteiger partial charge in [0, 0.05) is 18.7 Å². The summed E-state index contributed by atoms with van der Waals surface area (Å²) >= 11 is 0. The number of allylic oxidation sites excluding steroid dienone is 2. The molecule has 3 aliphatic rings. The van der Waals surface area contributed by atoms with E-state index < -0.39 is 22.7 Å². The van der Waals surface area contributed by atoms with Crippen molar-refractivity contribution in [2.75, 3.05) is 11.9 Å². The number of nitrogens with one attached hydrogen (secondary N) is 1. The molecule has 1 unspecified atom stereocenters. The molecule has 1 saturated carbocycles. The number of anilines is 1. The first-order valence-electron chi connectivity index (χ1n) is 8.90. The first kappa shape index (κ1) is 17.0. The molecule has 1 aliphatic heterocycles. The van der Waals surface area contributed by atoms with Crippen LogP contribution >= 0.6 is 0 Å². The summed E-state index contributed by atoms with van der Waals surface area (Å²) in [5.41, 5.74) is -1.34. The maximum atomic E-state index is 13.6. The summed E-state index contributed by atoms with van der Waals surface area (Å²) in [5.74, 6) is -1.83. The summed E-state index contributed by atoms with van der Waals surface area (Å²) < 4.78 is 0. The molecule has 27 heavy (non-hydrogen) atoms. The Bertz CT molecular complexity index is 1020. The van der Waals surface area contributed by atoms with Gasteiger partial charge in [-0.05, 0) is 36.5 Å². The molecule has 1 spiro atoms. The van der Waals surface area contributed by atoms with Gasteiger partial charge in [0.1, 0.15) is 11.3 Å². The zero-order valence-corrected chi connectivity index (χ0v) is 14.9. The highest BCUT2D eigenvalue weighted by atomic mass is 16.2. The minimum absolute atomic E-state index is 0.234. The van der Waals surface area contributed by atoms with Crippen LogP contribution in [-0.2, 0) is 10.2 Å². The van der Waals surface area contributed by atoms with Gasteiger partial charge in [-0.15, -0.1) is 0 Å². The average molecular weight is 355 g/mol. The third-order valence-corrected chi connectivity index (χ3v) is 6.40. The minimum Gasteiger partial charge on any atom is -0.314 e. The molecule has 1 aromatic carbocycles. The molecule has 1 aromatic rings. The Balaban J connectivity index is 2.11. The number of rotatable bonds is 0. The van der Waals surface area contributed by atoms with E-state index in [1.807, 2.05) is 42.5 Å². The fourth-order valence-corrected chi connectivity index (χ4v) is 5.24. The maximum absolute atomic E-state index is 13.6. The molecular formula is C21H17N5O. The summed E-state index contributed by atoms with van der Waals surface area (Å²) in [6.07, 6.45) is 3.96. The first-order valence-corrected chi connectivity index (χ1v) is 8.90. The Morgan fingerprint density at radius 2 is 1.93 bits per heavy atom. The van der Waals surface area contributed by atoms with E-state index in [4.69, 9.17) is 5.41 Å². The van der Waals surface area contributed by atoms with Crippen molar-refractivity contribution in [2.24, 2.45) is 17.3 Å². The molecule has 1 fully saturated rings. The Morgan fingerprint density at radius 1 is 1.22 bits per heavy atom. The lowest BCUT2D eigenvalue weighted by molar-refractivity contribution is -0.125. The van der Waals surface area contributed by atoms with Crippen LogP contribution in [-0.4, -0.2) is 18.7 Å². The fraction of sp³-hybridized carbons (Fsp3) is 0.381. The maximum Gasteiger partial charge on any atom is 0.239 e. The predicted molar refractivity (Wildman–Crippen MR) is 97.4 cm³/mol. The van der Waals surface area contributed by atoms with Crippen LogP contribution in [0.1, 0.15) is 24.8 Å². The van der Waals surface area contributed by atoms with Gasteiger partial charge in [0.15, 0.2) is 0 Å². The smallest absolute Gasteiger partial charge is 0.239 e. The Morgan fingerprint density at radius 3 is 2.59 bits per heavy atom. The van der Waals surface area contributed by atoms with Gasteiger partial charge in [-0.3, -0.25) is 4.79 Å². The lowest BCUT2D eigenvalue weighted by atomic mass is 9.47. The van der Waals surface area contributed by atoms with E-state index in [1.54, 1.807) is 11.9 Å². The number of carbonyl (C=O) groups is 1. The second-order valence-electron chi connectivity index (χ2n) is 7.34. The zero-order chi connectivity index (χ0) is 19.4. The molecule has 0 saturated heterocycles.